The van der Waals surface area contributed by atoms with Gasteiger partial charge in [0.15, 0.2) is 6.73 Å². The lowest BCUT2D eigenvalue weighted by Gasteiger charge is -2.21. The molecule has 0 aliphatic heterocycles. The fourth-order valence-electron chi connectivity index (χ4n) is 2.38. The number of amides is 2. The topological polar surface area (TPSA) is 54.5 Å². The average Bonchev–Trinajstić information content (AvgIpc) is 2.60. The quantitative estimate of drug-likeness (QED) is 0.794. The number of urea groups is 1. The Hall–Kier alpha value is -2.56. The number of aryl methyl sites for hydroxylation is 1. The first-order valence-electron chi connectivity index (χ1n) is 8.22. The zero-order valence-electron chi connectivity index (χ0n) is 14.6. The summed E-state index contributed by atoms with van der Waals surface area (Å²) in [6, 6.07) is 9.72. The van der Waals surface area contributed by atoms with Crippen molar-refractivity contribution in [2.24, 2.45) is 0 Å². The third kappa shape index (κ3) is 4.98. The van der Waals surface area contributed by atoms with E-state index >= 15 is 0 Å². The zero-order valence-corrected chi connectivity index (χ0v) is 14.6. The average molecular weight is 327 g/mol. The number of nitrogens with one attached hydrogen (secondary N) is 1. The van der Waals surface area contributed by atoms with Gasteiger partial charge in [0, 0.05) is 25.5 Å². The molecule has 0 saturated heterocycles. The number of rotatable bonds is 7. The van der Waals surface area contributed by atoms with Crippen LogP contribution in [0.15, 0.2) is 42.7 Å². The Bertz CT molecular complexity index is 659. The molecule has 0 bridgehead atoms. The van der Waals surface area contributed by atoms with Crippen molar-refractivity contribution < 1.29 is 9.53 Å². The van der Waals surface area contributed by atoms with Crippen molar-refractivity contribution in [2.75, 3.05) is 19.8 Å². The molecule has 2 rings (SSSR count). The Balaban J connectivity index is 1.80. The predicted molar refractivity (Wildman–Crippen MR) is 95.1 cm³/mol. The highest BCUT2D eigenvalue weighted by Crippen LogP contribution is 2.20. The molecule has 128 valence electrons. The molecular formula is C19H25N3O2. The Morgan fingerprint density at radius 1 is 1.21 bits per heavy atom. The molecule has 0 aliphatic rings. The summed E-state index contributed by atoms with van der Waals surface area (Å²) in [6.07, 6.45) is 4.34. The van der Waals surface area contributed by atoms with Crippen LogP contribution in [0.2, 0.25) is 0 Å². The maximum Gasteiger partial charge on any atom is 0.320 e. The van der Waals surface area contributed by atoms with Crippen LogP contribution in [-0.4, -0.2) is 35.7 Å². The molecule has 0 aliphatic carbocycles. The van der Waals surface area contributed by atoms with Crippen LogP contribution < -0.4 is 10.1 Å². The number of hydrogen-bond acceptors (Lipinski definition) is 3. The van der Waals surface area contributed by atoms with Gasteiger partial charge in [0.05, 0.1) is 0 Å². The Kier molecular flexibility index (Phi) is 6.61. The number of ether oxygens (including phenoxy) is 1. The first kappa shape index (κ1) is 17.8. The number of aromatic nitrogens is 1. The van der Waals surface area contributed by atoms with Crippen LogP contribution in [0.3, 0.4) is 0 Å². The normalized spacial score (nSPS) is 10.3. The lowest BCUT2D eigenvalue weighted by Crippen LogP contribution is -2.42. The number of likely N-dealkylation sites (N-methyl/N-ethyl adjacent to an activating group) is 1. The van der Waals surface area contributed by atoms with Gasteiger partial charge >= 0.3 is 6.03 Å². The van der Waals surface area contributed by atoms with Gasteiger partial charge < -0.3 is 15.0 Å². The van der Waals surface area contributed by atoms with E-state index in [1.54, 1.807) is 17.3 Å². The van der Waals surface area contributed by atoms with Crippen LogP contribution in [0.5, 0.6) is 5.75 Å². The van der Waals surface area contributed by atoms with Crippen LogP contribution >= 0.6 is 0 Å². The molecule has 0 atom stereocenters. The Morgan fingerprint density at radius 2 is 1.96 bits per heavy atom. The molecule has 1 aromatic heterocycles. The summed E-state index contributed by atoms with van der Waals surface area (Å²) in [4.78, 5) is 18.0. The second-order valence-electron chi connectivity index (χ2n) is 5.65. The molecule has 24 heavy (non-hydrogen) atoms. The van der Waals surface area contributed by atoms with Gasteiger partial charge in [0.2, 0.25) is 0 Å². The van der Waals surface area contributed by atoms with Gasteiger partial charge in [-0.1, -0.05) is 12.1 Å². The lowest BCUT2D eigenvalue weighted by atomic mass is 10.1. The van der Waals surface area contributed by atoms with E-state index in [1.807, 2.05) is 51.1 Å². The van der Waals surface area contributed by atoms with E-state index in [4.69, 9.17) is 4.74 Å². The molecule has 1 N–H and O–H groups in total. The second kappa shape index (κ2) is 8.91. The Labute approximate surface area is 143 Å². The summed E-state index contributed by atoms with van der Waals surface area (Å²) in [5, 5.41) is 2.82. The van der Waals surface area contributed by atoms with Gasteiger partial charge in [0.1, 0.15) is 5.75 Å². The number of carbonyl (C=O) groups excluding carboxylic acids is 1. The molecule has 0 spiro atoms. The van der Waals surface area contributed by atoms with Gasteiger partial charge in [0.25, 0.3) is 0 Å². The van der Waals surface area contributed by atoms with Crippen molar-refractivity contribution in [1.29, 1.82) is 0 Å². The summed E-state index contributed by atoms with van der Waals surface area (Å²) in [7, 11) is 0. The van der Waals surface area contributed by atoms with Crippen molar-refractivity contribution in [3.63, 3.8) is 0 Å². The summed E-state index contributed by atoms with van der Waals surface area (Å²) < 4.78 is 5.68. The molecule has 0 fully saturated rings. The molecular weight excluding hydrogens is 302 g/mol. The van der Waals surface area contributed by atoms with E-state index in [2.05, 4.69) is 10.3 Å². The van der Waals surface area contributed by atoms with Crippen LogP contribution in [0.4, 0.5) is 4.79 Å². The Morgan fingerprint density at radius 3 is 2.67 bits per heavy atom. The van der Waals surface area contributed by atoms with E-state index in [0.29, 0.717) is 13.1 Å². The monoisotopic (exact) mass is 327 g/mol. The minimum Gasteiger partial charge on any atom is -0.473 e. The van der Waals surface area contributed by atoms with Gasteiger partial charge in [-0.25, -0.2) is 4.79 Å². The van der Waals surface area contributed by atoms with E-state index in [1.165, 1.54) is 11.1 Å². The molecule has 1 heterocycles. The molecule has 0 radical (unpaired) electrons. The number of benzene rings is 1. The molecule has 5 heteroatoms. The van der Waals surface area contributed by atoms with Crippen LogP contribution in [0.25, 0.3) is 0 Å². The number of nitrogens with zero attached hydrogens (tertiary/aromatic N) is 2. The van der Waals surface area contributed by atoms with E-state index < -0.39 is 0 Å². The van der Waals surface area contributed by atoms with Gasteiger partial charge in [-0.15, -0.1) is 0 Å². The third-order valence-corrected chi connectivity index (χ3v) is 4.09. The van der Waals surface area contributed by atoms with Crippen LogP contribution in [0, 0.1) is 13.8 Å². The smallest absolute Gasteiger partial charge is 0.320 e. The standard InChI is InChI=1S/C19H25N3O2/c1-4-22(13-10-17-8-11-20-12-9-17)19(23)21-14-24-18-7-5-6-15(2)16(18)3/h5-9,11-12H,4,10,13-14H2,1-3H3,(H,21,23). The third-order valence-electron chi connectivity index (χ3n) is 4.09. The first-order chi connectivity index (χ1) is 11.6. The van der Waals surface area contributed by atoms with Crippen LogP contribution in [0.1, 0.15) is 23.6 Å². The lowest BCUT2D eigenvalue weighted by molar-refractivity contribution is 0.187. The van der Waals surface area contributed by atoms with E-state index in [0.717, 1.165) is 17.7 Å². The van der Waals surface area contributed by atoms with Crippen molar-refractivity contribution >= 4 is 6.03 Å². The largest absolute Gasteiger partial charge is 0.473 e. The summed E-state index contributed by atoms with van der Waals surface area (Å²) in [5.74, 6) is 0.801. The van der Waals surface area contributed by atoms with Gasteiger partial charge in [-0.2, -0.15) is 0 Å². The molecule has 0 unspecified atom stereocenters. The van der Waals surface area contributed by atoms with E-state index in [9.17, 15) is 4.79 Å². The minimum atomic E-state index is -0.114. The maximum atomic E-state index is 12.3. The first-order valence-corrected chi connectivity index (χ1v) is 8.22. The van der Waals surface area contributed by atoms with Gasteiger partial charge in [-0.3, -0.25) is 4.98 Å². The summed E-state index contributed by atoms with van der Waals surface area (Å²) >= 11 is 0. The highest BCUT2D eigenvalue weighted by atomic mass is 16.5. The van der Waals surface area contributed by atoms with Gasteiger partial charge in [-0.05, 0) is 62.1 Å². The maximum absolute atomic E-state index is 12.3. The number of hydrogen-bond donors (Lipinski definition) is 1. The molecule has 1 aromatic carbocycles. The summed E-state index contributed by atoms with van der Waals surface area (Å²) in [6.45, 7) is 7.50. The second-order valence-corrected chi connectivity index (χ2v) is 5.65. The van der Waals surface area contributed by atoms with Crippen molar-refractivity contribution in [2.45, 2.75) is 27.2 Å². The van der Waals surface area contributed by atoms with Crippen molar-refractivity contribution in [3.8, 4) is 5.75 Å². The molecule has 0 saturated carbocycles. The predicted octanol–water partition coefficient (Wildman–Crippen LogP) is 3.31. The number of carbonyl (C=O) groups is 1. The highest BCUT2D eigenvalue weighted by molar-refractivity contribution is 5.74. The van der Waals surface area contributed by atoms with E-state index in [-0.39, 0.29) is 12.8 Å². The van der Waals surface area contributed by atoms with Crippen molar-refractivity contribution in [1.82, 2.24) is 15.2 Å². The SMILES string of the molecule is CCN(CCc1ccncc1)C(=O)NCOc1cccc(C)c1C. The van der Waals surface area contributed by atoms with Crippen LogP contribution in [-0.2, 0) is 6.42 Å². The number of pyridine rings is 1. The highest BCUT2D eigenvalue weighted by Gasteiger charge is 2.11. The fourth-order valence-corrected chi connectivity index (χ4v) is 2.38. The molecule has 2 amide bonds. The fraction of sp³-hybridized carbons (Fsp3) is 0.368. The van der Waals surface area contributed by atoms with Crippen molar-refractivity contribution in [3.05, 3.63) is 59.4 Å². The zero-order chi connectivity index (χ0) is 17.4. The molecule has 5 nitrogen and oxygen atoms in total. The molecule has 2 aromatic rings. The summed E-state index contributed by atoms with van der Waals surface area (Å²) in [5.41, 5.74) is 3.44. The minimum absolute atomic E-state index is 0.114.